The molecule has 0 aliphatic rings. The van der Waals surface area contributed by atoms with E-state index in [1.165, 1.54) is 16.7 Å². The molecule has 2 aromatic rings. The number of hydrogen-bond acceptors (Lipinski definition) is 3. The van der Waals surface area contributed by atoms with Gasteiger partial charge in [0.2, 0.25) is 0 Å². The van der Waals surface area contributed by atoms with Crippen molar-refractivity contribution in [2.75, 3.05) is 6.54 Å². The van der Waals surface area contributed by atoms with E-state index in [1.807, 2.05) is 19.3 Å². The minimum Gasteiger partial charge on any atom is -0.307 e. The molecule has 0 saturated heterocycles. The molecule has 21 heavy (non-hydrogen) atoms. The molecule has 112 valence electrons. The summed E-state index contributed by atoms with van der Waals surface area (Å²) < 4.78 is 0. The van der Waals surface area contributed by atoms with E-state index in [-0.39, 0.29) is 6.04 Å². The van der Waals surface area contributed by atoms with Gasteiger partial charge in [0.25, 0.3) is 0 Å². The standard InChI is InChI=1S/C18H25N3/c1-5-9-19-17(18-20-11-13(2)12-21-18)10-16-14(3)7-6-8-15(16)4/h6-8,11-12,17,19H,5,9-10H2,1-4H3. The zero-order chi connectivity index (χ0) is 15.2. The number of hydrogen-bond donors (Lipinski definition) is 1. The molecule has 0 radical (unpaired) electrons. The third kappa shape index (κ3) is 4.11. The number of nitrogens with zero attached hydrogens (tertiary/aromatic N) is 2. The van der Waals surface area contributed by atoms with Crippen molar-refractivity contribution in [3.05, 3.63) is 58.7 Å². The lowest BCUT2D eigenvalue weighted by Gasteiger charge is -2.20. The first-order valence-electron chi connectivity index (χ1n) is 7.68. The van der Waals surface area contributed by atoms with Crippen molar-refractivity contribution in [1.82, 2.24) is 15.3 Å². The van der Waals surface area contributed by atoms with Crippen LogP contribution in [0.15, 0.2) is 30.6 Å². The summed E-state index contributed by atoms with van der Waals surface area (Å²) in [6, 6.07) is 6.64. The first-order chi connectivity index (χ1) is 10.1. The Balaban J connectivity index is 2.26. The molecule has 1 N–H and O–H groups in total. The normalized spacial score (nSPS) is 12.4. The van der Waals surface area contributed by atoms with Crippen LogP contribution in [0.3, 0.4) is 0 Å². The van der Waals surface area contributed by atoms with Gasteiger partial charge in [-0.3, -0.25) is 0 Å². The quantitative estimate of drug-likeness (QED) is 0.878. The molecule has 0 aliphatic heterocycles. The predicted molar refractivity (Wildman–Crippen MR) is 87.4 cm³/mol. The van der Waals surface area contributed by atoms with Crippen molar-refractivity contribution in [3.63, 3.8) is 0 Å². The molecule has 1 heterocycles. The molecule has 0 aliphatic carbocycles. The molecule has 0 spiro atoms. The fourth-order valence-electron chi connectivity index (χ4n) is 2.53. The van der Waals surface area contributed by atoms with Gasteiger partial charge in [-0.15, -0.1) is 0 Å². The predicted octanol–water partition coefficient (Wildman–Crippen LogP) is 3.69. The van der Waals surface area contributed by atoms with Gasteiger partial charge in [0.1, 0.15) is 5.82 Å². The number of nitrogens with one attached hydrogen (secondary N) is 1. The first kappa shape index (κ1) is 15.6. The van der Waals surface area contributed by atoms with Crippen LogP contribution in [0, 0.1) is 20.8 Å². The van der Waals surface area contributed by atoms with Crippen LogP contribution in [0.5, 0.6) is 0 Å². The van der Waals surface area contributed by atoms with Crippen molar-refractivity contribution < 1.29 is 0 Å². The minimum absolute atomic E-state index is 0.172. The Morgan fingerprint density at radius 2 is 1.67 bits per heavy atom. The van der Waals surface area contributed by atoms with E-state index in [1.54, 1.807) is 0 Å². The maximum atomic E-state index is 4.51. The second kappa shape index (κ2) is 7.32. The third-order valence-corrected chi connectivity index (χ3v) is 3.81. The van der Waals surface area contributed by atoms with E-state index in [0.29, 0.717) is 0 Å². The monoisotopic (exact) mass is 283 g/mol. The topological polar surface area (TPSA) is 37.8 Å². The van der Waals surface area contributed by atoms with Gasteiger partial charge in [-0.1, -0.05) is 25.1 Å². The van der Waals surface area contributed by atoms with Crippen LogP contribution in [0.25, 0.3) is 0 Å². The van der Waals surface area contributed by atoms with Gasteiger partial charge in [0.05, 0.1) is 6.04 Å². The summed E-state index contributed by atoms with van der Waals surface area (Å²) in [6.45, 7) is 9.53. The molecule has 0 saturated carbocycles. The van der Waals surface area contributed by atoms with E-state index >= 15 is 0 Å². The summed E-state index contributed by atoms with van der Waals surface area (Å²) >= 11 is 0. The van der Waals surface area contributed by atoms with E-state index in [0.717, 1.165) is 30.8 Å². The molecular weight excluding hydrogens is 258 g/mol. The smallest absolute Gasteiger partial charge is 0.145 e. The van der Waals surface area contributed by atoms with Gasteiger partial charge < -0.3 is 5.32 Å². The second-order valence-corrected chi connectivity index (χ2v) is 5.70. The summed E-state index contributed by atoms with van der Waals surface area (Å²) in [5.74, 6) is 0.886. The van der Waals surface area contributed by atoms with Gasteiger partial charge in [-0.05, 0) is 62.4 Å². The zero-order valence-corrected chi connectivity index (χ0v) is 13.5. The van der Waals surface area contributed by atoms with Crippen LogP contribution in [0.4, 0.5) is 0 Å². The van der Waals surface area contributed by atoms with Crippen LogP contribution in [-0.4, -0.2) is 16.5 Å². The lowest BCUT2D eigenvalue weighted by Crippen LogP contribution is -2.26. The Kier molecular flexibility index (Phi) is 5.45. The molecular formula is C18H25N3. The SMILES string of the molecule is CCCNC(Cc1c(C)cccc1C)c1ncc(C)cn1. The highest BCUT2D eigenvalue weighted by atomic mass is 15.0. The summed E-state index contributed by atoms with van der Waals surface area (Å²) in [5.41, 5.74) is 5.17. The third-order valence-electron chi connectivity index (χ3n) is 3.81. The lowest BCUT2D eigenvalue weighted by atomic mass is 9.96. The molecule has 1 aromatic carbocycles. The van der Waals surface area contributed by atoms with Crippen LogP contribution < -0.4 is 5.32 Å². The van der Waals surface area contributed by atoms with Gasteiger partial charge in [0.15, 0.2) is 0 Å². The first-order valence-corrected chi connectivity index (χ1v) is 7.68. The molecule has 0 amide bonds. The maximum Gasteiger partial charge on any atom is 0.145 e. The Labute approximate surface area is 127 Å². The Hall–Kier alpha value is -1.74. The molecule has 2 rings (SSSR count). The fraction of sp³-hybridized carbons (Fsp3) is 0.444. The molecule has 1 aromatic heterocycles. The average Bonchev–Trinajstić information content (AvgIpc) is 2.47. The second-order valence-electron chi connectivity index (χ2n) is 5.70. The van der Waals surface area contributed by atoms with Crippen LogP contribution in [0.2, 0.25) is 0 Å². The van der Waals surface area contributed by atoms with Crippen molar-refractivity contribution in [1.29, 1.82) is 0 Å². The Bertz CT molecular complexity index is 555. The van der Waals surface area contributed by atoms with Crippen LogP contribution >= 0.6 is 0 Å². The van der Waals surface area contributed by atoms with Crippen LogP contribution in [-0.2, 0) is 6.42 Å². The molecule has 3 nitrogen and oxygen atoms in total. The van der Waals surface area contributed by atoms with Crippen molar-refractivity contribution >= 4 is 0 Å². The van der Waals surface area contributed by atoms with E-state index < -0.39 is 0 Å². The molecule has 1 atom stereocenters. The van der Waals surface area contributed by atoms with Crippen molar-refractivity contribution in [3.8, 4) is 0 Å². The summed E-state index contributed by atoms with van der Waals surface area (Å²) in [6.07, 6.45) is 5.83. The van der Waals surface area contributed by atoms with Gasteiger partial charge >= 0.3 is 0 Å². The number of rotatable bonds is 6. The summed E-state index contributed by atoms with van der Waals surface area (Å²) in [7, 11) is 0. The minimum atomic E-state index is 0.172. The number of aryl methyl sites for hydroxylation is 3. The highest BCUT2D eigenvalue weighted by Crippen LogP contribution is 2.21. The molecule has 0 bridgehead atoms. The Morgan fingerprint density at radius 3 is 2.24 bits per heavy atom. The fourth-order valence-corrected chi connectivity index (χ4v) is 2.53. The van der Waals surface area contributed by atoms with E-state index in [9.17, 15) is 0 Å². The Morgan fingerprint density at radius 1 is 1.05 bits per heavy atom. The van der Waals surface area contributed by atoms with Gasteiger partial charge in [0, 0.05) is 12.4 Å². The van der Waals surface area contributed by atoms with Crippen molar-refractivity contribution in [2.45, 2.75) is 46.6 Å². The number of benzene rings is 1. The maximum absolute atomic E-state index is 4.51. The van der Waals surface area contributed by atoms with Gasteiger partial charge in [-0.25, -0.2) is 9.97 Å². The zero-order valence-electron chi connectivity index (χ0n) is 13.5. The van der Waals surface area contributed by atoms with E-state index in [2.05, 4.69) is 54.3 Å². The van der Waals surface area contributed by atoms with E-state index in [4.69, 9.17) is 0 Å². The summed E-state index contributed by atoms with van der Waals surface area (Å²) in [5, 5.41) is 3.58. The van der Waals surface area contributed by atoms with Crippen LogP contribution in [0.1, 0.15) is 47.5 Å². The molecule has 0 fully saturated rings. The average molecular weight is 283 g/mol. The summed E-state index contributed by atoms with van der Waals surface area (Å²) in [4.78, 5) is 9.03. The number of aromatic nitrogens is 2. The largest absolute Gasteiger partial charge is 0.307 e. The highest BCUT2D eigenvalue weighted by Gasteiger charge is 2.16. The molecule has 1 unspecified atom stereocenters. The van der Waals surface area contributed by atoms with Gasteiger partial charge in [-0.2, -0.15) is 0 Å². The van der Waals surface area contributed by atoms with Crippen molar-refractivity contribution in [2.24, 2.45) is 0 Å². The molecule has 3 heteroatoms. The highest BCUT2D eigenvalue weighted by molar-refractivity contribution is 5.34. The lowest BCUT2D eigenvalue weighted by molar-refractivity contribution is 0.502.